The largest absolute Gasteiger partial charge is 0.396 e. The Hall–Kier alpha value is -1.07. The Morgan fingerprint density at radius 3 is 2.71 bits per heavy atom. The van der Waals surface area contributed by atoms with Gasteiger partial charge < -0.3 is 15.3 Å². The van der Waals surface area contributed by atoms with E-state index in [0.717, 1.165) is 38.2 Å². The molecule has 1 aliphatic rings. The van der Waals surface area contributed by atoms with Gasteiger partial charge in [-0.25, -0.2) is 0 Å². The minimum atomic E-state index is 0.101. The molecule has 2 N–H and O–H groups in total. The van der Waals surface area contributed by atoms with E-state index in [4.69, 9.17) is 5.11 Å². The van der Waals surface area contributed by atoms with E-state index in [0.29, 0.717) is 12.5 Å². The van der Waals surface area contributed by atoms with E-state index in [1.165, 1.54) is 11.4 Å². The molecule has 5 heteroatoms. The topological polar surface area (TPSA) is 53.3 Å². The van der Waals surface area contributed by atoms with Crippen LogP contribution in [0.15, 0.2) is 0 Å². The number of aliphatic hydroxyl groups is 1. The molecule has 0 bridgehead atoms. The highest BCUT2D eigenvalue weighted by molar-refractivity contribution is 5.51. The van der Waals surface area contributed by atoms with E-state index in [1.54, 1.807) is 0 Å². The summed E-state index contributed by atoms with van der Waals surface area (Å²) in [7, 11) is 2.03. The van der Waals surface area contributed by atoms with Crippen LogP contribution >= 0.6 is 0 Å². The van der Waals surface area contributed by atoms with Crippen LogP contribution in [0.5, 0.6) is 0 Å². The molecule has 0 radical (unpaired) electrons. The summed E-state index contributed by atoms with van der Waals surface area (Å²) in [5, 5.41) is 17.3. The highest BCUT2D eigenvalue weighted by Crippen LogP contribution is 2.30. The molecule has 1 atom stereocenters. The molecule has 21 heavy (non-hydrogen) atoms. The van der Waals surface area contributed by atoms with Gasteiger partial charge in [0.05, 0.1) is 5.69 Å². The van der Waals surface area contributed by atoms with Gasteiger partial charge in [-0.2, -0.15) is 5.10 Å². The summed E-state index contributed by atoms with van der Waals surface area (Å²) in [6.45, 7) is 11.9. The first-order chi connectivity index (χ1) is 9.81. The van der Waals surface area contributed by atoms with Gasteiger partial charge in [-0.1, -0.05) is 0 Å². The number of hydrogen-bond donors (Lipinski definition) is 2. The van der Waals surface area contributed by atoms with Gasteiger partial charge in [0, 0.05) is 44.4 Å². The van der Waals surface area contributed by atoms with E-state index in [2.05, 4.69) is 43.0 Å². The average Bonchev–Trinajstić information content (AvgIpc) is 2.91. The smallest absolute Gasteiger partial charge is 0.131 e. The number of aromatic nitrogens is 2. The van der Waals surface area contributed by atoms with Gasteiger partial charge >= 0.3 is 0 Å². The van der Waals surface area contributed by atoms with Gasteiger partial charge in [-0.05, 0) is 46.5 Å². The minimum absolute atomic E-state index is 0.101. The van der Waals surface area contributed by atoms with Gasteiger partial charge in [-0.15, -0.1) is 0 Å². The molecule has 1 aromatic heterocycles. The highest BCUT2D eigenvalue weighted by Gasteiger charge is 2.27. The van der Waals surface area contributed by atoms with Crippen molar-refractivity contribution < 1.29 is 5.11 Å². The fraction of sp³-hybridized carbons (Fsp3) is 0.812. The highest BCUT2D eigenvalue weighted by atomic mass is 16.3. The summed E-state index contributed by atoms with van der Waals surface area (Å²) in [5.41, 5.74) is 2.51. The van der Waals surface area contributed by atoms with Crippen molar-refractivity contribution in [1.82, 2.24) is 15.1 Å². The third-order valence-electron chi connectivity index (χ3n) is 4.23. The monoisotopic (exact) mass is 294 g/mol. The zero-order valence-corrected chi connectivity index (χ0v) is 14.1. The van der Waals surface area contributed by atoms with Crippen LogP contribution in [0.25, 0.3) is 0 Å². The summed E-state index contributed by atoms with van der Waals surface area (Å²) >= 11 is 0. The maximum atomic E-state index is 9.12. The van der Waals surface area contributed by atoms with E-state index < -0.39 is 0 Å². The minimum Gasteiger partial charge on any atom is -0.396 e. The number of nitrogens with zero attached hydrogens (tertiary/aromatic N) is 3. The number of anilines is 1. The van der Waals surface area contributed by atoms with Crippen LogP contribution in [-0.4, -0.2) is 40.1 Å². The predicted molar refractivity (Wildman–Crippen MR) is 86.6 cm³/mol. The SMILES string of the molecule is Cc1nn(C)c(N2CCC(CCO)C2)c1CNC(C)(C)C. The number of nitrogens with one attached hydrogen (secondary N) is 1. The fourth-order valence-electron chi connectivity index (χ4n) is 3.09. The third-order valence-corrected chi connectivity index (χ3v) is 4.23. The summed E-state index contributed by atoms with van der Waals surface area (Å²) in [6, 6.07) is 0. The second-order valence-electron chi connectivity index (χ2n) is 7.23. The van der Waals surface area contributed by atoms with E-state index >= 15 is 0 Å². The van der Waals surface area contributed by atoms with Crippen LogP contribution in [0.1, 0.15) is 44.9 Å². The first-order valence-corrected chi connectivity index (χ1v) is 7.95. The van der Waals surface area contributed by atoms with Gasteiger partial charge in [0.15, 0.2) is 0 Å². The van der Waals surface area contributed by atoms with Crippen molar-refractivity contribution >= 4 is 5.82 Å². The zero-order chi connectivity index (χ0) is 15.6. The van der Waals surface area contributed by atoms with Crippen LogP contribution < -0.4 is 10.2 Å². The molecule has 1 saturated heterocycles. The second kappa shape index (κ2) is 6.36. The van der Waals surface area contributed by atoms with Gasteiger partial charge in [0.1, 0.15) is 5.82 Å². The van der Waals surface area contributed by atoms with Gasteiger partial charge in [0.2, 0.25) is 0 Å². The van der Waals surface area contributed by atoms with Crippen LogP contribution in [0.3, 0.4) is 0 Å². The summed E-state index contributed by atoms with van der Waals surface area (Å²) in [6.07, 6.45) is 2.07. The molecule has 0 aliphatic carbocycles. The first kappa shape index (κ1) is 16.3. The lowest BCUT2D eigenvalue weighted by atomic mass is 10.1. The molecule has 0 saturated carbocycles. The lowest BCUT2D eigenvalue weighted by Gasteiger charge is -2.24. The summed E-state index contributed by atoms with van der Waals surface area (Å²) in [5.74, 6) is 1.85. The second-order valence-corrected chi connectivity index (χ2v) is 7.23. The van der Waals surface area contributed by atoms with Crippen LogP contribution in [0.2, 0.25) is 0 Å². The molecular formula is C16H30N4O. The standard InChI is InChI=1S/C16H30N4O/c1-12-14(10-17-16(2,3)4)15(19(5)18-12)20-8-6-13(11-20)7-9-21/h13,17,21H,6-11H2,1-5H3. The van der Waals surface area contributed by atoms with E-state index in [-0.39, 0.29) is 5.54 Å². The molecule has 120 valence electrons. The number of hydrogen-bond acceptors (Lipinski definition) is 4. The van der Waals surface area contributed by atoms with Gasteiger partial charge in [0.25, 0.3) is 0 Å². The quantitative estimate of drug-likeness (QED) is 0.870. The number of rotatable bonds is 5. The Bertz CT molecular complexity index is 475. The lowest BCUT2D eigenvalue weighted by Crippen LogP contribution is -2.35. The molecular weight excluding hydrogens is 264 g/mol. The van der Waals surface area contributed by atoms with Crippen LogP contribution in [0, 0.1) is 12.8 Å². The van der Waals surface area contributed by atoms with Crippen LogP contribution in [0.4, 0.5) is 5.82 Å². The first-order valence-electron chi connectivity index (χ1n) is 7.95. The molecule has 1 aliphatic heterocycles. The normalized spacial score (nSPS) is 19.5. The molecule has 1 unspecified atom stereocenters. The molecule has 0 spiro atoms. The van der Waals surface area contributed by atoms with Crippen molar-refractivity contribution in [1.29, 1.82) is 0 Å². The zero-order valence-electron chi connectivity index (χ0n) is 14.1. The van der Waals surface area contributed by atoms with Crippen molar-refractivity contribution in [2.75, 3.05) is 24.6 Å². The number of aryl methyl sites for hydroxylation is 2. The van der Waals surface area contributed by atoms with Crippen molar-refractivity contribution in [3.8, 4) is 0 Å². The van der Waals surface area contributed by atoms with Crippen molar-refractivity contribution in [2.24, 2.45) is 13.0 Å². The van der Waals surface area contributed by atoms with Crippen LogP contribution in [-0.2, 0) is 13.6 Å². The summed E-state index contributed by atoms with van der Waals surface area (Å²) in [4.78, 5) is 2.43. The molecule has 2 rings (SSSR count). The summed E-state index contributed by atoms with van der Waals surface area (Å²) < 4.78 is 2.01. The van der Waals surface area contributed by atoms with Crippen molar-refractivity contribution in [2.45, 2.75) is 52.6 Å². The van der Waals surface area contributed by atoms with Crippen molar-refractivity contribution in [3.63, 3.8) is 0 Å². The van der Waals surface area contributed by atoms with Crippen molar-refractivity contribution in [3.05, 3.63) is 11.3 Å². The van der Waals surface area contributed by atoms with E-state index in [1.807, 2.05) is 11.7 Å². The molecule has 1 fully saturated rings. The molecule has 5 nitrogen and oxygen atoms in total. The third kappa shape index (κ3) is 3.98. The number of aliphatic hydroxyl groups excluding tert-OH is 1. The lowest BCUT2D eigenvalue weighted by molar-refractivity contribution is 0.263. The fourth-order valence-corrected chi connectivity index (χ4v) is 3.09. The molecule has 0 aromatic carbocycles. The van der Waals surface area contributed by atoms with Gasteiger partial charge in [-0.3, -0.25) is 4.68 Å². The average molecular weight is 294 g/mol. The van der Waals surface area contributed by atoms with E-state index in [9.17, 15) is 0 Å². The Morgan fingerprint density at radius 1 is 1.38 bits per heavy atom. The molecule has 0 amide bonds. The molecule has 1 aromatic rings. The predicted octanol–water partition coefficient (Wildman–Crippen LogP) is 1.83. The Kier molecular flexibility index (Phi) is 4.94. The Balaban J connectivity index is 2.15. The Labute approximate surface area is 128 Å². The molecule has 2 heterocycles. The maximum absolute atomic E-state index is 9.12. The Morgan fingerprint density at radius 2 is 2.10 bits per heavy atom. The maximum Gasteiger partial charge on any atom is 0.131 e.